The molecule has 0 spiro atoms. The first-order valence-electron chi connectivity index (χ1n) is 8.21. The predicted molar refractivity (Wildman–Crippen MR) is 97.0 cm³/mol. The van der Waals surface area contributed by atoms with E-state index in [4.69, 9.17) is 0 Å². The predicted octanol–water partition coefficient (Wildman–Crippen LogP) is 4.02. The summed E-state index contributed by atoms with van der Waals surface area (Å²) >= 11 is 0. The molecule has 1 fully saturated rings. The number of halogens is 4. The lowest BCUT2D eigenvalue weighted by molar-refractivity contribution is 0.0707. The Balaban J connectivity index is 0.00000243. The van der Waals surface area contributed by atoms with Crippen LogP contribution in [0.15, 0.2) is 36.4 Å². The molecule has 1 saturated heterocycles. The minimum absolute atomic E-state index is 0. The average molecular weight is 385 g/mol. The monoisotopic (exact) mass is 384 g/mol. The van der Waals surface area contributed by atoms with E-state index in [1.54, 1.807) is 29.2 Å². The third kappa shape index (κ3) is 4.19. The molecule has 26 heavy (non-hydrogen) atoms. The Morgan fingerprint density at radius 1 is 1.00 bits per heavy atom. The first kappa shape index (κ1) is 20.3. The number of rotatable bonds is 3. The third-order valence-electron chi connectivity index (χ3n) is 4.64. The van der Waals surface area contributed by atoms with Crippen LogP contribution in [0.2, 0.25) is 0 Å². The van der Waals surface area contributed by atoms with Crippen LogP contribution in [-0.4, -0.2) is 37.0 Å². The van der Waals surface area contributed by atoms with Gasteiger partial charge in [-0.3, -0.25) is 4.79 Å². The van der Waals surface area contributed by atoms with E-state index in [9.17, 15) is 18.0 Å². The zero-order valence-corrected chi connectivity index (χ0v) is 15.1. The van der Waals surface area contributed by atoms with Crippen molar-refractivity contribution in [2.75, 3.05) is 20.1 Å². The molecule has 140 valence electrons. The third-order valence-corrected chi connectivity index (χ3v) is 4.64. The van der Waals surface area contributed by atoms with Gasteiger partial charge in [0.1, 0.15) is 0 Å². The number of hydrogen-bond acceptors (Lipinski definition) is 2. The summed E-state index contributed by atoms with van der Waals surface area (Å²) in [4.78, 5) is 14.3. The van der Waals surface area contributed by atoms with Crippen LogP contribution in [0.1, 0.15) is 23.2 Å². The molecule has 0 saturated carbocycles. The fourth-order valence-corrected chi connectivity index (χ4v) is 3.08. The maximum Gasteiger partial charge on any atom is 0.253 e. The molecule has 3 nitrogen and oxygen atoms in total. The lowest BCUT2D eigenvalue weighted by atomic mass is 10.0. The van der Waals surface area contributed by atoms with E-state index in [-0.39, 0.29) is 23.9 Å². The summed E-state index contributed by atoms with van der Waals surface area (Å²) in [5, 5.41) is 3.22. The van der Waals surface area contributed by atoms with Gasteiger partial charge in [-0.05, 0) is 55.3 Å². The van der Waals surface area contributed by atoms with Crippen molar-refractivity contribution in [2.24, 2.45) is 0 Å². The Morgan fingerprint density at radius 2 is 1.54 bits per heavy atom. The largest absolute Gasteiger partial charge is 0.339 e. The van der Waals surface area contributed by atoms with Gasteiger partial charge in [-0.2, -0.15) is 0 Å². The quantitative estimate of drug-likeness (QED) is 0.811. The molecule has 2 aromatic carbocycles. The summed E-state index contributed by atoms with van der Waals surface area (Å²) in [5.41, 5.74) is 1.27. The van der Waals surface area contributed by atoms with Crippen molar-refractivity contribution in [3.8, 4) is 11.1 Å². The highest BCUT2D eigenvalue weighted by molar-refractivity contribution is 5.94. The van der Waals surface area contributed by atoms with Gasteiger partial charge in [0.25, 0.3) is 5.91 Å². The molecule has 0 unspecified atom stereocenters. The van der Waals surface area contributed by atoms with Gasteiger partial charge in [0.05, 0.1) is 0 Å². The molecule has 0 aliphatic carbocycles. The first-order chi connectivity index (χ1) is 12.0. The number of amides is 1. The molecular formula is C19H20ClF3N2O. The zero-order chi connectivity index (χ0) is 18.0. The van der Waals surface area contributed by atoms with E-state index >= 15 is 0 Å². The maximum atomic E-state index is 13.4. The highest BCUT2D eigenvalue weighted by atomic mass is 35.5. The lowest BCUT2D eigenvalue weighted by Crippen LogP contribution is -2.43. The second kappa shape index (κ2) is 8.56. The van der Waals surface area contributed by atoms with Crippen LogP contribution in [0.25, 0.3) is 11.1 Å². The van der Waals surface area contributed by atoms with Crippen LogP contribution in [0.3, 0.4) is 0 Å². The van der Waals surface area contributed by atoms with Crippen molar-refractivity contribution in [3.05, 3.63) is 59.4 Å². The molecule has 0 radical (unpaired) electrons. The van der Waals surface area contributed by atoms with Gasteiger partial charge >= 0.3 is 0 Å². The number of carbonyl (C=O) groups excluding carboxylic acids is 1. The Kier molecular flexibility index (Phi) is 6.67. The van der Waals surface area contributed by atoms with Gasteiger partial charge in [-0.1, -0.05) is 12.1 Å². The number of benzene rings is 2. The van der Waals surface area contributed by atoms with Crippen LogP contribution in [0.5, 0.6) is 0 Å². The van der Waals surface area contributed by atoms with Gasteiger partial charge < -0.3 is 10.2 Å². The van der Waals surface area contributed by atoms with Crippen LogP contribution >= 0.6 is 12.4 Å². The van der Waals surface area contributed by atoms with Crippen molar-refractivity contribution in [1.82, 2.24) is 10.2 Å². The maximum absolute atomic E-state index is 13.4. The molecule has 7 heteroatoms. The highest BCUT2D eigenvalue weighted by Gasteiger charge is 2.22. The smallest absolute Gasteiger partial charge is 0.253 e. The number of nitrogens with zero attached hydrogens (tertiary/aromatic N) is 1. The minimum atomic E-state index is -1.49. The summed E-state index contributed by atoms with van der Waals surface area (Å²) in [6.07, 6.45) is 1.82. The van der Waals surface area contributed by atoms with Gasteiger partial charge in [-0.15, -0.1) is 12.4 Å². The van der Waals surface area contributed by atoms with Crippen LogP contribution in [-0.2, 0) is 0 Å². The van der Waals surface area contributed by atoms with Crippen LogP contribution in [0.4, 0.5) is 13.2 Å². The van der Waals surface area contributed by atoms with Gasteiger partial charge in [0, 0.05) is 24.7 Å². The first-order valence-corrected chi connectivity index (χ1v) is 8.21. The molecule has 0 bridgehead atoms. The molecule has 0 atom stereocenters. The number of carbonyl (C=O) groups is 1. The van der Waals surface area contributed by atoms with Crippen LogP contribution in [0, 0.1) is 17.5 Å². The molecular weight excluding hydrogens is 365 g/mol. The Labute approximate surface area is 156 Å². The van der Waals surface area contributed by atoms with Crippen molar-refractivity contribution < 1.29 is 18.0 Å². The SMILES string of the molecule is CNC1CCN(C(=O)c2ccc(-c3cc(F)c(F)c(F)c3)cc2)CC1.Cl. The zero-order valence-electron chi connectivity index (χ0n) is 14.3. The lowest BCUT2D eigenvalue weighted by Gasteiger charge is -2.31. The fourth-order valence-electron chi connectivity index (χ4n) is 3.08. The van der Waals surface area contributed by atoms with Crippen molar-refractivity contribution in [1.29, 1.82) is 0 Å². The van der Waals surface area contributed by atoms with Crippen molar-refractivity contribution >= 4 is 18.3 Å². The molecule has 2 aromatic rings. The molecule has 1 amide bonds. The molecule has 1 N–H and O–H groups in total. The van der Waals surface area contributed by atoms with E-state index < -0.39 is 17.5 Å². The summed E-state index contributed by atoms with van der Waals surface area (Å²) in [5.74, 6) is -4.01. The number of piperidine rings is 1. The summed E-state index contributed by atoms with van der Waals surface area (Å²) in [7, 11) is 1.92. The normalized spacial score (nSPS) is 14.8. The summed E-state index contributed by atoms with van der Waals surface area (Å²) < 4.78 is 39.8. The second-order valence-electron chi connectivity index (χ2n) is 6.19. The Bertz CT molecular complexity index is 752. The summed E-state index contributed by atoms with van der Waals surface area (Å²) in [6.45, 7) is 1.39. The van der Waals surface area contributed by atoms with E-state index in [2.05, 4.69) is 5.32 Å². The molecule has 1 aliphatic heterocycles. The number of likely N-dealkylation sites (tertiary alicyclic amines) is 1. The van der Waals surface area contributed by atoms with E-state index in [0.717, 1.165) is 25.0 Å². The Hall–Kier alpha value is -2.05. The van der Waals surface area contributed by atoms with Gasteiger partial charge in [-0.25, -0.2) is 13.2 Å². The molecule has 1 heterocycles. The number of hydrogen-bond donors (Lipinski definition) is 1. The Morgan fingerprint density at radius 3 is 2.04 bits per heavy atom. The molecule has 0 aromatic heterocycles. The average Bonchev–Trinajstić information content (AvgIpc) is 2.65. The standard InChI is InChI=1S/C19H19F3N2O.ClH/c1-23-15-6-8-24(9-7-15)19(25)13-4-2-12(3-5-13)14-10-16(20)18(22)17(21)11-14;/h2-5,10-11,15,23H,6-9H2,1H3;1H. The number of nitrogens with one attached hydrogen (secondary N) is 1. The second-order valence-corrected chi connectivity index (χ2v) is 6.19. The van der Waals surface area contributed by atoms with Gasteiger partial charge in [0.15, 0.2) is 17.5 Å². The molecule has 1 aliphatic rings. The topological polar surface area (TPSA) is 32.3 Å². The van der Waals surface area contributed by atoms with E-state index in [1.807, 2.05) is 7.05 Å². The fraction of sp³-hybridized carbons (Fsp3) is 0.316. The molecule has 3 rings (SSSR count). The van der Waals surface area contributed by atoms with E-state index in [1.165, 1.54) is 0 Å². The highest BCUT2D eigenvalue weighted by Crippen LogP contribution is 2.24. The minimum Gasteiger partial charge on any atom is -0.339 e. The van der Waals surface area contributed by atoms with Crippen molar-refractivity contribution in [2.45, 2.75) is 18.9 Å². The van der Waals surface area contributed by atoms with Gasteiger partial charge in [0.2, 0.25) is 0 Å². The van der Waals surface area contributed by atoms with E-state index in [0.29, 0.717) is 30.3 Å². The van der Waals surface area contributed by atoms with Crippen LogP contribution < -0.4 is 5.32 Å². The summed E-state index contributed by atoms with van der Waals surface area (Å²) in [6, 6.07) is 8.80. The van der Waals surface area contributed by atoms with Crippen molar-refractivity contribution in [3.63, 3.8) is 0 Å².